The Morgan fingerprint density at radius 1 is 1.21 bits per heavy atom. The maximum atomic E-state index is 13.4. The van der Waals surface area contributed by atoms with E-state index < -0.39 is 17.7 Å². The third-order valence-corrected chi connectivity index (χ3v) is 3.95. The molecule has 4 heteroatoms. The van der Waals surface area contributed by atoms with Gasteiger partial charge in [0.2, 0.25) is 0 Å². The quantitative estimate of drug-likeness (QED) is 0.850. The van der Waals surface area contributed by atoms with E-state index in [9.17, 15) is 13.9 Å². The van der Waals surface area contributed by atoms with Crippen LogP contribution in [0.15, 0.2) is 35.7 Å². The second kappa shape index (κ2) is 6.78. The van der Waals surface area contributed by atoms with Gasteiger partial charge in [-0.05, 0) is 42.3 Å². The number of benzene rings is 1. The summed E-state index contributed by atoms with van der Waals surface area (Å²) in [4.78, 5) is 1.29. The summed E-state index contributed by atoms with van der Waals surface area (Å²) >= 11 is 1.70. The Bertz CT molecular complexity index is 511. The van der Waals surface area contributed by atoms with Gasteiger partial charge in [-0.3, -0.25) is 0 Å². The fraction of sp³-hybridized carbons (Fsp3) is 0.333. The number of halogens is 2. The smallest absolute Gasteiger partial charge is 0.129 e. The molecule has 0 bridgehead atoms. The molecule has 0 aliphatic carbocycles. The standard InChI is InChI=1S/C15H16F2OS/c16-12-7-6-11(15(17)10-12)9-13(18)3-1-4-14-5-2-8-19-14/h2,5-8,10,13,18H,1,3-4,9H2. The van der Waals surface area contributed by atoms with Crippen molar-refractivity contribution in [2.45, 2.75) is 31.8 Å². The van der Waals surface area contributed by atoms with E-state index in [-0.39, 0.29) is 6.42 Å². The molecule has 1 unspecified atom stereocenters. The molecule has 1 nitrogen and oxygen atoms in total. The summed E-state index contributed by atoms with van der Waals surface area (Å²) in [6, 6.07) is 7.54. The number of aryl methyl sites for hydroxylation is 1. The molecule has 2 aromatic rings. The lowest BCUT2D eigenvalue weighted by molar-refractivity contribution is 0.161. The molecule has 102 valence electrons. The number of aliphatic hydroxyl groups excluding tert-OH is 1. The molecule has 0 saturated heterocycles. The Kier molecular flexibility index (Phi) is 5.05. The molecule has 19 heavy (non-hydrogen) atoms. The minimum Gasteiger partial charge on any atom is -0.393 e. The van der Waals surface area contributed by atoms with E-state index in [1.54, 1.807) is 11.3 Å². The minimum atomic E-state index is -0.589. The molecule has 1 heterocycles. The van der Waals surface area contributed by atoms with Crippen molar-refractivity contribution >= 4 is 11.3 Å². The van der Waals surface area contributed by atoms with E-state index in [4.69, 9.17) is 0 Å². The predicted molar refractivity (Wildman–Crippen MR) is 73.3 cm³/mol. The summed E-state index contributed by atoms with van der Waals surface area (Å²) in [7, 11) is 0. The first-order valence-corrected chi connectivity index (χ1v) is 7.17. The summed E-state index contributed by atoms with van der Waals surface area (Å²) < 4.78 is 26.2. The first-order valence-electron chi connectivity index (χ1n) is 6.29. The van der Waals surface area contributed by atoms with Crippen LogP contribution in [0.3, 0.4) is 0 Å². The Labute approximate surface area is 115 Å². The maximum absolute atomic E-state index is 13.4. The Morgan fingerprint density at radius 2 is 2.05 bits per heavy atom. The van der Waals surface area contributed by atoms with Crippen LogP contribution in [0.4, 0.5) is 8.78 Å². The predicted octanol–water partition coefficient (Wildman–Crippen LogP) is 3.95. The molecule has 1 N–H and O–H groups in total. The normalized spacial score (nSPS) is 12.6. The van der Waals surface area contributed by atoms with Gasteiger partial charge < -0.3 is 5.11 Å². The first-order chi connectivity index (χ1) is 9.15. The van der Waals surface area contributed by atoms with Gasteiger partial charge in [-0.25, -0.2) is 8.78 Å². The zero-order valence-electron chi connectivity index (χ0n) is 10.5. The second-order valence-electron chi connectivity index (χ2n) is 4.57. The van der Waals surface area contributed by atoms with E-state index in [0.29, 0.717) is 12.0 Å². The Hall–Kier alpha value is -1.26. The summed E-state index contributed by atoms with van der Waals surface area (Å²) in [5.41, 5.74) is 0.366. The average molecular weight is 282 g/mol. The van der Waals surface area contributed by atoms with Gasteiger partial charge in [0.15, 0.2) is 0 Å². The topological polar surface area (TPSA) is 20.2 Å². The number of thiophene rings is 1. The van der Waals surface area contributed by atoms with Crippen molar-refractivity contribution < 1.29 is 13.9 Å². The monoisotopic (exact) mass is 282 g/mol. The molecule has 0 radical (unpaired) electrons. The van der Waals surface area contributed by atoms with Crippen LogP contribution in [0.2, 0.25) is 0 Å². The van der Waals surface area contributed by atoms with Crippen molar-refractivity contribution in [3.63, 3.8) is 0 Å². The van der Waals surface area contributed by atoms with E-state index in [0.717, 1.165) is 18.9 Å². The molecular weight excluding hydrogens is 266 g/mol. The van der Waals surface area contributed by atoms with Crippen molar-refractivity contribution in [1.82, 2.24) is 0 Å². The van der Waals surface area contributed by atoms with Crippen LogP contribution in [-0.4, -0.2) is 11.2 Å². The molecule has 0 aliphatic heterocycles. The number of hydrogen-bond donors (Lipinski definition) is 1. The molecule has 1 atom stereocenters. The van der Waals surface area contributed by atoms with Crippen LogP contribution in [-0.2, 0) is 12.8 Å². The highest BCUT2D eigenvalue weighted by Crippen LogP contribution is 2.16. The van der Waals surface area contributed by atoms with Crippen LogP contribution in [0.5, 0.6) is 0 Å². The lowest BCUT2D eigenvalue weighted by atomic mass is 10.0. The van der Waals surface area contributed by atoms with Crippen LogP contribution in [0, 0.1) is 11.6 Å². The zero-order valence-corrected chi connectivity index (χ0v) is 11.3. The van der Waals surface area contributed by atoms with Crippen LogP contribution in [0.25, 0.3) is 0 Å². The Balaban J connectivity index is 1.79. The van der Waals surface area contributed by atoms with Crippen molar-refractivity contribution in [2.75, 3.05) is 0 Å². The van der Waals surface area contributed by atoms with Gasteiger partial charge in [-0.15, -0.1) is 11.3 Å². The third-order valence-electron chi connectivity index (χ3n) is 3.01. The first kappa shape index (κ1) is 14.2. The highest BCUT2D eigenvalue weighted by atomic mass is 32.1. The van der Waals surface area contributed by atoms with Gasteiger partial charge >= 0.3 is 0 Å². The lowest BCUT2D eigenvalue weighted by Crippen LogP contribution is -2.12. The molecule has 0 saturated carbocycles. The van der Waals surface area contributed by atoms with E-state index in [1.807, 2.05) is 11.4 Å². The van der Waals surface area contributed by atoms with Gasteiger partial charge in [0.1, 0.15) is 11.6 Å². The van der Waals surface area contributed by atoms with Crippen molar-refractivity contribution in [3.05, 3.63) is 57.8 Å². The van der Waals surface area contributed by atoms with Gasteiger partial charge in [-0.2, -0.15) is 0 Å². The largest absolute Gasteiger partial charge is 0.393 e. The average Bonchev–Trinajstić information content (AvgIpc) is 2.86. The second-order valence-corrected chi connectivity index (χ2v) is 5.60. The lowest BCUT2D eigenvalue weighted by Gasteiger charge is -2.11. The molecule has 0 fully saturated rings. The van der Waals surface area contributed by atoms with Gasteiger partial charge in [-0.1, -0.05) is 12.1 Å². The minimum absolute atomic E-state index is 0.233. The maximum Gasteiger partial charge on any atom is 0.129 e. The Morgan fingerprint density at radius 3 is 2.74 bits per heavy atom. The fourth-order valence-electron chi connectivity index (χ4n) is 2.01. The summed E-state index contributed by atoms with van der Waals surface area (Å²) in [5.74, 6) is -1.18. The number of rotatable bonds is 6. The summed E-state index contributed by atoms with van der Waals surface area (Å²) in [6.07, 6.45) is 2.07. The SMILES string of the molecule is OC(CCCc1cccs1)Cc1ccc(F)cc1F. The van der Waals surface area contributed by atoms with E-state index in [1.165, 1.54) is 17.0 Å². The number of hydrogen-bond acceptors (Lipinski definition) is 2. The highest BCUT2D eigenvalue weighted by Gasteiger charge is 2.10. The van der Waals surface area contributed by atoms with E-state index >= 15 is 0 Å². The van der Waals surface area contributed by atoms with Gasteiger partial charge in [0.25, 0.3) is 0 Å². The molecule has 0 spiro atoms. The molecule has 0 amide bonds. The van der Waals surface area contributed by atoms with Crippen LogP contribution in [0.1, 0.15) is 23.3 Å². The highest BCUT2D eigenvalue weighted by molar-refractivity contribution is 7.09. The van der Waals surface area contributed by atoms with Crippen LogP contribution < -0.4 is 0 Å². The summed E-state index contributed by atoms with van der Waals surface area (Å²) in [5, 5.41) is 11.9. The molecular formula is C15H16F2OS. The van der Waals surface area contributed by atoms with E-state index in [2.05, 4.69) is 6.07 Å². The van der Waals surface area contributed by atoms with Crippen molar-refractivity contribution in [1.29, 1.82) is 0 Å². The van der Waals surface area contributed by atoms with Crippen molar-refractivity contribution in [3.8, 4) is 0 Å². The van der Waals surface area contributed by atoms with Gasteiger partial charge in [0.05, 0.1) is 6.10 Å². The van der Waals surface area contributed by atoms with Crippen LogP contribution >= 0.6 is 11.3 Å². The molecule has 1 aromatic heterocycles. The third kappa shape index (κ3) is 4.40. The van der Waals surface area contributed by atoms with Crippen molar-refractivity contribution in [2.24, 2.45) is 0 Å². The number of aliphatic hydroxyl groups is 1. The molecule has 0 aliphatic rings. The van der Waals surface area contributed by atoms with Gasteiger partial charge in [0, 0.05) is 17.4 Å². The fourth-order valence-corrected chi connectivity index (χ4v) is 2.76. The molecule has 2 rings (SSSR count). The zero-order chi connectivity index (χ0) is 13.7. The molecule has 1 aromatic carbocycles. The summed E-state index contributed by atoms with van der Waals surface area (Å²) in [6.45, 7) is 0.